The molecule has 1 aromatic heterocycles. The van der Waals surface area contributed by atoms with Crippen LogP contribution < -0.4 is 5.32 Å². The average molecular weight is 585 g/mol. The number of esters is 1. The third-order valence-electron chi connectivity index (χ3n) is 8.07. The van der Waals surface area contributed by atoms with Gasteiger partial charge in [-0.1, -0.05) is 81.5 Å². The molecule has 6 bridgehead atoms. The number of rotatable bonds is 2. The van der Waals surface area contributed by atoms with Gasteiger partial charge in [0.05, 0.1) is 25.1 Å². The number of aromatic amines is 1. The number of carbonyl (C=O) groups excluding carboxylic acids is 3. The number of aromatic nitrogens is 2. The molecule has 9 nitrogen and oxygen atoms in total. The molecule has 2 aliphatic heterocycles. The molecule has 0 aliphatic carbocycles. The molecule has 1 saturated heterocycles. The Bertz CT molecular complexity index is 1490. The number of allylic oxidation sites excluding steroid dienone is 1. The predicted molar refractivity (Wildman–Crippen MR) is 165 cm³/mol. The number of methoxy groups -OCH3 is 1. The highest BCUT2D eigenvalue weighted by molar-refractivity contribution is 5.91. The smallest absolute Gasteiger partial charge is 0.407 e. The number of hydrogen-bond acceptors (Lipinski definition) is 6. The number of cyclic esters (lactones) is 1. The van der Waals surface area contributed by atoms with Crippen LogP contribution in [-0.4, -0.2) is 65.2 Å². The van der Waals surface area contributed by atoms with Crippen LogP contribution in [0.4, 0.5) is 4.79 Å². The van der Waals surface area contributed by atoms with Crippen molar-refractivity contribution in [3.8, 4) is 22.5 Å². The molecular formula is C34H40N4O5. The van der Waals surface area contributed by atoms with Gasteiger partial charge in [0.25, 0.3) is 0 Å². The van der Waals surface area contributed by atoms with E-state index in [1.165, 1.54) is 12.0 Å². The minimum absolute atomic E-state index is 0.242. The molecule has 0 spiro atoms. The number of hydrogen-bond donors (Lipinski definition) is 2. The molecule has 0 unspecified atom stereocenters. The molecule has 9 heteroatoms. The number of nitrogens with one attached hydrogen (secondary N) is 2. The number of fused-ring (bicyclic) bond motifs is 8. The number of ether oxygens (including phenoxy) is 2. The molecular weight excluding hydrogens is 544 g/mol. The summed E-state index contributed by atoms with van der Waals surface area (Å²) in [7, 11) is 1.32. The maximum atomic E-state index is 14.1. The fourth-order valence-corrected chi connectivity index (χ4v) is 5.76. The molecule has 0 radical (unpaired) electrons. The monoisotopic (exact) mass is 584 g/mol. The summed E-state index contributed by atoms with van der Waals surface area (Å²) in [6.07, 6.45) is 6.29. The maximum Gasteiger partial charge on any atom is 0.407 e. The standard InChI is InChI=1S/C34H40N4O5/c1-34(2,3)29-31(39)38-21-25(20-26(38)32(40)42-4)30-35-27(23-15-9-7-10-16-23)28(36-30)24-17-12-14-22(19-24)13-8-5-6-11-18-43-33(41)37-29/h7-10,12-17,19,25-26,29H,5-6,11,18,20-21H2,1-4H3,(H,35,36)(H,37,41)/b13-8+/t25-,26+,29-/m1/s1. The summed E-state index contributed by atoms with van der Waals surface area (Å²) in [5.74, 6) is -0.428. The largest absolute Gasteiger partial charge is 0.467 e. The molecule has 2 aromatic carbocycles. The highest BCUT2D eigenvalue weighted by Gasteiger charge is 2.46. The van der Waals surface area contributed by atoms with E-state index in [9.17, 15) is 14.4 Å². The zero-order chi connectivity index (χ0) is 30.6. The van der Waals surface area contributed by atoms with Gasteiger partial charge in [-0.15, -0.1) is 0 Å². The fourth-order valence-electron chi connectivity index (χ4n) is 5.76. The number of H-pyrrole nitrogens is 1. The summed E-state index contributed by atoms with van der Waals surface area (Å²) in [4.78, 5) is 50.0. The zero-order valence-corrected chi connectivity index (χ0v) is 25.3. The van der Waals surface area contributed by atoms with Gasteiger partial charge in [-0.25, -0.2) is 14.6 Å². The van der Waals surface area contributed by atoms with Crippen LogP contribution in [0.1, 0.15) is 63.8 Å². The van der Waals surface area contributed by atoms with Gasteiger partial charge in [0.15, 0.2) is 0 Å². The van der Waals surface area contributed by atoms with E-state index in [1.807, 2.05) is 63.2 Å². The summed E-state index contributed by atoms with van der Waals surface area (Å²) in [6, 6.07) is 16.5. The van der Waals surface area contributed by atoms with Crippen LogP contribution in [0.25, 0.3) is 28.6 Å². The van der Waals surface area contributed by atoms with Crippen molar-refractivity contribution in [3.63, 3.8) is 0 Å². The molecule has 3 aromatic rings. The normalized spacial score (nSPS) is 22.3. The van der Waals surface area contributed by atoms with E-state index >= 15 is 0 Å². The fraction of sp³-hybridized carbons (Fsp3) is 0.412. The Morgan fingerprint density at radius 3 is 2.56 bits per heavy atom. The Kier molecular flexibility index (Phi) is 8.99. The average Bonchev–Trinajstić information content (AvgIpc) is 3.64. The second kappa shape index (κ2) is 12.9. The first-order valence-corrected chi connectivity index (χ1v) is 14.9. The maximum absolute atomic E-state index is 14.1. The Labute approximate surface area is 252 Å². The summed E-state index contributed by atoms with van der Waals surface area (Å²) in [6.45, 7) is 6.12. The minimum Gasteiger partial charge on any atom is -0.467 e. The van der Waals surface area contributed by atoms with Crippen LogP contribution in [0.15, 0.2) is 60.7 Å². The summed E-state index contributed by atoms with van der Waals surface area (Å²) < 4.78 is 10.6. The molecule has 2 aliphatic rings. The summed E-state index contributed by atoms with van der Waals surface area (Å²) in [5, 5.41) is 2.78. The molecule has 43 heavy (non-hydrogen) atoms. The van der Waals surface area contributed by atoms with E-state index in [1.54, 1.807) is 0 Å². The van der Waals surface area contributed by atoms with Crippen LogP contribution in [0.5, 0.6) is 0 Å². The van der Waals surface area contributed by atoms with Crippen molar-refractivity contribution in [1.29, 1.82) is 0 Å². The van der Waals surface area contributed by atoms with Crippen LogP contribution in [0, 0.1) is 5.41 Å². The van der Waals surface area contributed by atoms with E-state index in [0.717, 1.165) is 40.9 Å². The second-order valence-electron chi connectivity index (χ2n) is 12.3. The first kappa shape index (κ1) is 30.1. The number of imidazole rings is 1. The van der Waals surface area contributed by atoms with Crippen molar-refractivity contribution in [2.45, 2.75) is 64.5 Å². The van der Waals surface area contributed by atoms with Crippen molar-refractivity contribution < 1.29 is 23.9 Å². The molecule has 2 N–H and O–H groups in total. The lowest BCUT2D eigenvalue weighted by molar-refractivity contribution is -0.152. The highest BCUT2D eigenvalue weighted by atomic mass is 16.5. The van der Waals surface area contributed by atoms with Gasteiger partial charge in [0.1, 0.15) is 17.9 Å². The van der Waals surface area contributed by atoms with Crippen molar-refractivity contribution in [3.05, 3.63) is 72.1 Å². The van der Waals surface area contributed by atoms with E-state index < -0.39 is 29.6 Å². The lowest BCUT2D eigenvalue weighted by Gasteiger charge is -2.34. The summed E-state index contributed by atoms with van der Waals surface area (Å²) in [5.41, 5.74) is 4.06. The van der Waals surface area contributed by atoms with E-state index in [4.69, 9.17) is 14.5 Å². The first-order chi connectivity index (χ1) is 20.7. The number of amides is 2. The van der Waals surface area contributed by atoms with Gasteiger partial charge < -0.3 is 24.7 Å². The summed E-state index contributed by atoms with van der Waals surface area (Å²) >= 11 is 0. The zero-order valence-electron chi connectivity index (χ0n) is 25.3. The number of nitrogens with zero attached hydrogens (tertiary/aromatic N) is 2. The van der Waals surface area contributed by atoms with Crippen LogP contribution in [0.3, 0.4) is 0 Å². The van der Waals surface area contributed by atoms with E-state index in [2.05, 4.69) is 34.6 Å². The highest BCUT2D eigenvalue weighted by Crippen LogP contribution is 2.38. The van der Waals surface area contributed by atoms with Gasteiger partial charge in [-0.2, -0.15) is 0 Å². The Morgan fingerprint density at radius 2 is 1.81 bits per heavy atom. The Balaban J connectivity index is 1.60. The first-order valence-electron chi connectivity index (χ1n) is 14.9. The Hall–Kier alpha value is -4.40. The molecule has 2 amide bonds. The number of benzene rings is 2. The van der Waals surface area contributed by atoms with Crippen LogP contribution in [-0.2, 0) is 19.1 Å². The van der Waals surface area contributed by atoms with Gasteiger partial charge >= 0.3 is 12.1 Å². The predicted octanol–water partition coefficient (Wildman–Crippen LogP) is 5.94. The molecule has 1 fully saturated rings. The van der Waals surface area contributed by atoms with E-state index in [-0.39, 0.29) is 25.0 Å². The van der Waals surface area contributed by atoms with Crippen molar-refractivity contribution >= 4 is 24.0 Å². The SMILES string of the molecule is COC(=O)[C@@H]1C[C@@H]2CN1C(=O)[C@H](C(C)(C)C)NC(=O)OCCCC/C=C/c1cccc(c1)-c1nc2[nH]c1-c1ccccc1. The lowest BCUT2D eigenvalue weighted by atomic mass is 9.85. The van der Waals surface area contributed by atoms with Crippen LogP contribution >= 0.6 is 0 Å². The third kappa shape index (κ3) is 6.82. The van der Waals surface area contributed by atoms with Crippen molar-refractivity contribution in [1.82, 2.24) is 20.2 Å². The minimum atomic E-state index is -0.908. The molecule has 3 atom stereocenters. The number of alkyl carbamates (subject to hydrolysis) is 1. The van der Waals surface area contributed by atoms with E-state index in [0.29, 0.717) is 18.7 Å². The van der Waals surface area contributed by atoms with Crippen LogP contribution in [0.2, 0.25) is 0 Å². The number of carbonyl (C=O) groups is 3. The van der Waals surface area contributed by atoms with Crippen molar-refractivity contribution in [2.75, 3.05) is 20.3 Å². The topological polar surface area (TPSA) is 114 Å². The Morgan fingerprint density at radius 1 is 1.05 bits per heavy atom. The second-order valence-corrected chi connectivity index (χ2v) is 12.3. The van der Waals surface area contributed by atoms with Gasteiger partial charge in [0.2, 0.25) is 5.91 Å². The van der Waals surface area contributed by atoms with Gasteiger partial charge in [-0.05, 0) is 42.7 Å². The third-order valence-corrected chi connectivity index (χ3v) is 8.07. The molecule has 0 saturated carbocycles. The van der Waals surface area contributed by atoms with Gasteiger partial charge in [-0.3, -0.25) is 4.79 Å². The van der Waals surface area contributed by atoms with Gasteiger partial charge in [0, 0.05) is 23.6 Å². The molecule has 3 heterocycles. The van der Waals surface area contributed by atoms with Crippen molar-refractivity contribution in [2.24, 2.45) is 5.41 Å². The molecule has 226 valence electrons. The lowest BCUT2D eigenvalue weighted by Crippen LogP contribution is -2.57. The molecule has 5 rings (SSSR count). The quantitative estimate of drug-likeness (QED) is 0.361.